The van der Waals surface area contributed by atoms with Gasteiger partial charge in [-0.15, -0.1) is 0 Å². The van der Waals surface area contributed by atoms with E-state index in [0.29, 0.717) is 37.8 Å². The number of primary amides is 1. The second-order valence-electron chi connectivity index (χ2n) is 16.0. The van der Waals surface area contributed by atoms with Crippen LogP contribution in [0.5, 0.6) is 11.5 Å². The summed E-state index contributed by atoms with van der Waals surface area (Å²) in [7, 11) is -3.84. The van der Waals surface area contributed by atoms with Gasteiger partial charge in [-0.1, -0.05) is 45.4 Å². The Morgan fingerprint density at radius 1 is 0.908 bits per heavy atom. The minimum absolute atomic E-state index is 0.0311. The van der Waals surface area contributed by atoms with Crippen molar-refractivity contribution in [3.63, 3.8) is 0 Å². The maximum Gasteiger partial charge on any atom is 0.253 e. The number of amides is 2. The Balaban J connectivity index is 0.851. The zero-order chi connectivity index (χ0) is 46.9. The fraction of sp³-hybridized carbons (Fsp3) is 0.311. The molecular formula is C45H47BrClFN8O8S. The average Bonchev–Trinajstić information content (AvgIpc) is 3.26. The molecule has 65 heavy (non-hydrogen) atoms. The SMILES string of the molecule is CC1(C)C(NC(=O)c2ccc(OCCOCCOCCNS(=O)(=O)c3ccc(Nc4ncc(Br)c(Nc5cccc(F)c5C(N)=O)n4)cc3)cc2)C(C)(C)C1Oc1ccc(C#N)c(Cl)c1. The lowest BCUT2D eigenvalue weighted by Gasteiger charge is -2.63. The van der Waals surface area contributed by atoms with E-state index in [-0.39, 0.29) is 85.5 Å². The van der Waals surface area contributed by atoms with Gasteiger partial charge in [0.05, 0.1) is 57.6 Å². The van der Waals surface area contributed by atoms with Gasteiger partial charge >= 0.3 is 0 Å². The van der Waals surface area contributed by atoms with Gasteiger partial charge in [-0.3, -0.25) is 9.59 Å². The van der Waals surface area contributed by atoms with Gasteiger partial charge in [0, 0.05) is 46.9 Å². The van der Waals surface area contributed by atoms with E-state index in [1.54, 1.807) is 54.6 Å². The molecule has 20 heteroatoms. The number of aromatic nitrogens is 2. The molecule has 2 amide bonds. The maximum absolute atomic E-state index is 14.2. The van der Waals surface area contributed by atoms with Crippen molar-refractivity contribution in [2.45, 2.75) is 44.7 Å². The van der Waals surface area contributed by atoms with Crippen LogP contribution in [-0.4, -0.2) is 81.9 Å². The molecule has 342 valence electrons. The van der Waals surface area contributed by atoms with Crippen molar-refractivity contribution < 1.29 is 41.3 Å². The third kappa shape index (κ3) is 11.9. The number of nitriles is 1. The van der Waals surface area contributed by atoms with Crippen LogP contribution in [0.4, 0.5) is 27.5 Å². The average molecular weight is 994 g/mol. The van der Waals surface area contributed by atoms with Crippen molar-refractivity contribution in [3.05, 3.63) is 123 Å². The predicted octanol–water partition coefficient (Wildman–Crippen LogP) is 7.49. The van der Waals surface area contributed by atoms with E-state index in [0.717, 1.165) is 6.07 Å². The number of nitrogens with one attached hydrogen (secondary N) is 4. The highest BCUT2D eigenvalue weighted by Gasteiger charge is 2.64. The molecule has 0 radical (unpaired) electrons. The predicted molar refractivity (Wildman–Crippen MR) is 246 cm³/mol. The van der Waals surface area contributed by atoms with E-state index in [2.05, 4.69) is 46.6 Å². The van der Waals surface area contributed by atoms with Gasteiger partial charge < -0.3 is 40.6 Å². The number of rotatable bonds is 21. The van der Waals surface area contributed by atoms with Crippen molar-refractivity contribution >= 4 is 72.5 Å². The highest BCUT2D eigenvalue weighted by atomic mass is 79.9. The number of halogens is 3. The van der Waals surface area contributed by atoms with Gasteiger partial charge in [-0.05, 0) is 88.7 Å². The number of sulfonamides is 1. The van der Waals surface area contributed by atoms with E-state index in [1.807, 2.05) is 33.8 Å². The number of carbonyl (C=O) groups excluding carboxylic acids is 2. The van der Waals surface area contributed by atoms with Crippen LogP contribution >= 0.6 is 27.5 Å². The number of carbonyl (C=O) groups is 2. The summed E-state index contributed by atoms with van der Waals surface area (Å²) in [4.78, 5) is 33.7. The van der Waals surface area contributed by atoms with Crippen LogP contribution in [0.1, 0.15) is 54.0 Å². The molecule has 0 saturated heterocycles. The molecular weight excluding hydrogens is 947 g/mol. The van der Waals surface area contributed by atoms with Gasteiger partial charge in [0.2, 0.25) is 16.0 Å². The third-order valence-electron chi connectivity index (χ3n) is 10.6. The summed E-state index contributed by atoms with van der Waals surface area (Å²) in [6, 6.07) is 23.6. The van der Waals surface area contributed by atoms with Crippen molar-refractivity contribution in [2.24, 2.45) is 16.6 Å². The molecule has 1 fully saturated rings. The monoisotopic (exact) mass is 992 g/mol. The first kappa shape index (κ1) is 48.6. The molecule has 4 aromatic carbocycles. The molecule has 5 aromatic rings. The number of nitrogens with zero attached hydrogens (tertiary/aromatic N) is 3. The van der Waals surface area contributed by atoms with Crippen LogP contribution in [0.2, 0.25) is 5.02 Å². The van der Waals surface area contributed by atoms with Crippen molar-refractivity contribution in [3.8, 4) is 17.6 Å². The Hall–Kier alpha value is -5.88. The third-order valence-corrected chi connectivity index (χ3v) is 13.0. The summed E-state index contributed by atoms with van der Waals surface area (Å²) in [5.74, 6) is -0.450. The second-order valence-corrected chi connectivity index (χ2v) is 19.0. The largest absolute Gasteiger partial charge is 0.491 e. The first-order valence-electron chi connectivity index (χ1n) is 20.2. The molecule has 1 aliphatic rings. The molecule has 16 nitrogen and oxygen atoms in total. The summed E-state index contributed by atoms with van der Waals surface area (Å²) in [6.07, 6.45) is 1.22. The summed E-state index contributed by atoms with van der Waals surface area (Å²) in [5, 5.41) is 18.5. The lowest BCUT2D eigenvalue weighted by Crippen LogP contribution is -2.74. The molecule has 0 atom stereocenters. The summed E-state index contributed by atoms with van der Waals surface area (Å²) >= 11 is 9.54. The highest BCUT2D eigenvalue weighted by Crippen LogP contribution is 2.55. The Morgan fingerprint density at radius 3 is 2.23 bits per heavy atom. The smallest absolute Gasteiger partial charge is 0.253 e. The lowest BCUT2D eigenvalue weighted by atomic mass is 9.49. The molecule has 6 N–H and O–H groups in total. The number of hydrogen-bond donors (Lipinski definition) is 5. The topological polar surface area (TPSA) is 229 Å². The van der Waals surface area contributed by atoms with Crippen molar-refractivity contribution in [2.75, 3.05) is 50.2 Å². The van der Waals surface area contributed by atoms with Gasteiger partial charge in [-0.2, -0.15) is 10.2 Å². The molecule has 1 heterocycles. The number of anilines is 4. The lowest BCUT2D eigenvalue weighted by molar-refractivity contribution is -0.164. The van der Waals surface area contributed by atoms with E-state index in [1.165, 1.54) is 30.5 Å². The Bertz CT molecular complexity index is 2650. The van der Waals surface area contributed by atoms with E-state index in [9.17, 15) is 27.7 Å². The Labute approximate surface area is 389 Å². The van der Waals surface area contributed by atoms with Gasteiger partial charge in [0.1, 0.15) is 41.9 Å². The summed E-state index contributed by atoms with van der Waals surface area (Å²) in [5.41, 5.74) is 5.70. The zero-order valence-electron chi connectivity index (χ0n) is 35.8. The van der Waals surface area contributed by atoms with Crippen LogP contribution in [0, 0.1) is 28.0 Å². The number of ether oxygens (including phenoxy) is 4. The van der Waals surface area contributed by atoms with Crippen LogP contribution in [0.3, 0.4) is 0 Å². The fourth-order valence-electron chi connectivity index (χ4n) is 7.75. The number of nitrogens with two attached hydrogens (primary N) is 1. The first-order valence-corrected chi connectivity index (χ1v) is 22.9. The molecule has 1 aromatic heterocycles. The number of hydrogen-bond acceptors (Lipinski definition) is 13. The minimum Gasteiger partial charge on any atom is -0.491 e. The van der Waals surface area contributed by atoms with E-state index < -0.39 is 32.6 Å². The molecule has 0 unspecified atom stereocenters. The van der Waals surface area contributed by atoms with Gasteiger partial charge in [0.25, 0.3) is 11.8 Å². The quantitative estimate of drug-likeness (QED) is 0.0450. The molecule has 1 aliphatic carbocycles. The van der Waals surface area contributed by atoms with E-state index in [4.69, 9.17) is 36.3 Å². The molecule has 0 aliphatic heterocycles. The molecule has 1 saturated carbocycles. The molecule has 0 bridgehead atoms. The minimum atomic E-state index is -3.84. The van der Waals surface area contributed by atoms with Gasteiger partial charge in [0.15, 0.2) is 0 Å². The van der Waals surface area contributed by atoms with Crippen LogP contribution in [0.15, 0.2) is 100 Å². The van der Waals surface area contributed by atoms with Crippen molar-refractivity contribution in [1.29, 1.82) is 5.26 Å². The van der Waals surface area contributed by atoms with Gasteiger partial charge in [-0.25, -0.2) is 22.5 Å². The van der Waals surface area contributed by atoms with Crippen LogP contribution < -0.4 is 35.9 Å². The van der Waals surface area contributed by atoms with Crippen molar-refractivity contribution in [1.82, 2.24) is 20.0 Å². The van der Waals surface area contributed by atoms with E-state index >= 15 is 0 Å². The second kappa shape index (κ2) is 21.0. The number of benzene rings is 4. The summed E-state index contributed by atoms with van der Waals surface area (Å²) < 4.78 is 66.1. The van der Waals surface area contributed by atoms with Crippen LogP contribution in [0.25, 0.3) is 0 Å². The normalized spacial score (nSPS) is 16.1. The maximum atomic E-state index is 14.2. The first-order chi connectivity index (χ1) is 30.9. The van der Waals surface area contributed by atoms with Crippen LogP contribution in [-0.2, 0) is 19.5 Å². The highest BCUT2D eigenvalue weighted by molar-refractivity contribution is 9.10. The molecule has 6 rings (SSSR count). The Kier molecular flexibility index (Phi) is 15.7. The molecule has 0 spiro atoms. The standard InChI is InChI=1S/C45H47BrClFN8O8S/c1-44(2)41(45(3,4)42(44)64-31-15-10-28(25-49)34(47)24-31)56-40(58)27-8-13-30(14-9-27)63-23-22-62-21-20-61-19-18-52-65(59,60)32-16-11-29(12-17-32)53-43-51-26-33(46)39(55-43)54-36-7-5-6-35(48)37(36)38(50)57/h5-17,24,26,41-42,52H,18-23H2,1-4H3,(H2,50,57)(H,56,58)(H2,51,53,54,55). The Morgan fingerprint density at radius 2 is 1.57 bits per heavy atom. The summed E-state index contributed by atoms with van der Waals surface area (Å²) in [6.45, 7) is 9.37. The fourth-order valence-corrected chi connectivity index (χ4v) is 9.27. The zero-order valence-corrected chi connectivity index (χ0v) is 38.9.